The fourth-order valence-corrected chi connectivity index (χ4v) is 2.97. The average Bonchev–Trinajstić information content (AvgIpc) is 3.37. The molecule has 0 aromatic heterocycles. The highest BCUT2D eigenvalue weighted by molar-refractivity contribution is 5.88. The summed E-state index contributed by atoms with van der Waals surface area (Å²) in [5, 5.41) is 2.18. The number of benzene rings is 2. The van der Waals surface area contributed by atoms with Gasteiger partial charge in [-0.15, -0.1) is 0 Å². The number of rotatable bonds is 6. The summed E-state index contributed by atoms with van der Waals surface area (Å²) in [5.74, 6) is 1.34. The van der Waals surface area contributed by atoms with E-state index in [0.717, 1.165) is 29.4 Å². The largest absolute Gasteiger partial charge is 0.483 e. The molecule has 1 aliphatic rings. The molecule has 0 spiro atoms. The molecule has 1 unspecified atom stereocenters. The van der Waals surface area contributed by atoms with Crippen LogP contribution in [0.4, 0.5) is 0 Å². The summed E-state index contributed by atoms with van der Waals surface area (Å²) in [6.07, 6.45) is 2.24. The third kappa shape index (κ3) is 3.49. The van der Waals surface area contributed by atoms with Gasteiger partial charge in [-0.2, -0.15) is 0 Å². The van der Waals surface area contributed by atoms with Crippen molar-refractivity contribution in [1.82, 2.24) is 4.90 Å². The van der Waals surface area contributed by atoms with E-state index in [2.05, 4.69) is 32.9 Å². The van der Waals surface area contributed by atoms with Crippen LogP contribution in [-0.4, -0.2) is 29.5 Å². The summed E-state index contributed by atoms with van der Waals surface area (Å²) in [4.78, 5) is 14.7. The third-order valence-corrected chi connectivity index (χ3v) is 4.73. The van der Waals surface area contributed by atoms with Crippen LogP contribution in [0.15, 0.2) is 42.5 Å². The lowest BCUT2D eigenvalue weighted by atomic mass is 10.0. The summed E-state index contributed by atoms with van der Waals surface area (Å²) in [6.45, 7) is 6.58. The molecule has 1 fully saturated rings. The molecular weight excluding hydrogens is 286 g/mol. The maximum Gasteiger partial charge on any atom is 0.261 e. The normalized spacial score (nSPS) is 15.7. The summed E-state index contributed by atoms with van der Waals surface area (Å²) < 4.78 is 5.88. The first-order chi connectivity index (χ1) is 11.1. The summed E-state index contributed by atoms with van der Waals surface area (Å²) in [6, 6.07) is 14.7. The predicted molar refractivity (Wildman–Crippen MR) is 93.6 cm³/mol. The number of nitrogens with zero attached hydrogens (tertiary/aromatic N) is 1. The van der Waals surface area contributed by atoms with E-state index in [1.807, 2.05) is 35.2 Å². The molecular formula is C20H25NO2. The fourth-order valence-electron chi connectivity index (χ4n) is 2.97. The molecule has 0 aliphatic heterocycles. The Morgan fingerprint density at radius 2 is 1.83 bits per heavy atom. The number of hydrogen-bond donors (Lipinski definition) is 0. The third-order valence-electron chi connectivity index (χ3n) is 4.73. The van der Waals surface area contributed by atoms with E-state index in [1.54, 1.807) is 0 Å². The molecule has 1 saturated carbocycles. The first kappa shape index (κ1) is 15.9. The maximum absolute atomic E-state index is 12.7. The van der Waals surface area contributed by atoms with Crippen LogP contribution in [0.25, 0.3) is 10.8 Å². The van der Waals surface area contributed by atoms with Crippen LogP contribution >= 0.6 is 0 Å². The van der Waals surface area contributed by atoms with Gasteiger partial charge in [-0.1, -0.05) is 50.2 Å². The van der Waals surface area contributed by atoms with Gasteiger partial charge in [-0.3, -0.25) is 4.79 Å². The standard InChI is InChI=1S/C20H25NO2/c1-14(2)15(3)21(17-11-12-17)20(22)13-23-19-10-6-8-16-7-4-5-9-18(16)19/h4-10,14-15,17H,11-13H2,1-3H3. The molecule has 1 atom stereocenters. The molecule has 1 aliphatic carbocycles. The number of carbonyl (C=O) groups is 1. The number of carbonyl (C=O) groups excluding carboxylic acids is 1. The lowest BCUT2D eigenvalue weighted by molar-refractivity contribution is -0.137. The maximum atomic E-state index is 12.7. The lowest BCUT2D eigenvalue weighted by Gasteiger charge is -2.32. The Bertz CT molecular complexity index is 686. The van der Waals surface area contributed by atoms with E-state index in [4.69, 9.17) is 4.74 Å². The number of hydrogen-bond acceptors (Lipinski definition) is 2. The fraction of sp³-hybridized carbons (Fsp3) is 0.450. The van der Waals surface area contributed by atoms with Crippen LogP contribution < -0.4 is 4.74 Å². The van der Waals surface area contributed by atoms with Crippen molar-refractivity contribution < 1.29 is 9.53 Å². The molecule has 3 heteroatoms. The number of amides is 1. The SMILES string of the molecule is CC(C)C(C)N(C(=O)COc1cccc2ccccc12)C1CC1. The van der Waals surface area contributed by atoms with Gasteiger partial charge < -0.3 is 9.64 Å². The van der Waals surface area contributed by atoms with E-state index in [1.165, 1.54) is 0 Å². The van der Waals surface area contributed by atoms with Crippen LogP contribution in [0, 0.1) is 5.92 Å². The Kier molecular flexibility index (Phi) is 4.56. The molecule has 23 heavy (non-hydrogen) atoms. The van der Waals surface area contributed by atoms with Gasteiger partial charge in [0, 0.05) is 17.5 Å². The van der Waals surface area contributed by atoms with Gasteiger partial charge in [0.1, 0.15) is 5.75 Å². The van der Waals surface area contributed by atoms with Crippen molar-refractivity contribution in [2.45, 2.75) is 45.7 Å². The van der Waals surface area contributed by atoms with Crippen molar-refractivity contribution in [1.29, 1.82) is 0 Å². The number of ether oxygens (including phenoxy) is 1. The second kappa shape index (κ2) is 6.61. The first-order valence-corrected chi connectivity index (χ1v) is 8.49. The van der Waals surface area contributed by atoms with Crippen LogP contribution in [0.1, 0.15) is 33.6 Å². The van der Waals surface area contributed by atoms with Gasteiger partial charge in [0.15, 0.2) is 6.61 Å². The van der Waals surface area contributed by atoms with Gasteiger partial charge in [0.25, 0.3) is 5.91 Å². The van der Waals surface area contributed by atoms with E-state index in [0.29, 0.717) is 12.0 Å². The van der Waals surface area contributed by atoms with Crippen molar-refractivity contribution in [2.75, 3.05) is 6.61 Å². The van der Waals surface area contributed by atoms with E-state index in [9.17, 15) is 4.79 Å². The second-order valence-electron chi connectivity index (χ2n) is 6.78. The molecule has 0 radical (unpaired) electrons. The summed E-state index contributed by atoms with van der Waals surface area (Å²) in [7, 11) is 0. The van der Waals surface area contributed by atoms with Crippen molar-refractivity contribution >= 4 is 16.7 Å². The molecule has 0 heterocycles. The van der Waals surface area contributed by atoms with Crippen LogP contribution in [-0.2, 0) is 4.79 Å². The van der Waals surface area contributed by atoms with E-state index in [-0.39, 0.29) is 18.6 Å². The van der Waals surface area contributed by atoms with Crippen LogP contribution in [0.3, 0.4) is 0 Å². The Balaban J connectivity index is 1.72. The summed E-state index contributed by atoms with van der Waals surface area (Å²) in [5.41, 5.74) is 0. The molecule has 2 aromatic rings. The van der Waals surface area contributed by atoms with Crippen molar-refractivity contribution in [3.8, 4) is 5.75 Å². The lowest BCUT2D eigenvalue weighted by Crippen LogP contribution is -2.45. The highest BCUT2D eigenvalue weighted by atomic mass is 16.5. The Labute approximate surface area is 138 Å². The topological polar surface area (TPSA) is 29.5 Å². The molecule has 0 saturated heterocycles. The zero-order valence-corrected chi connectivity index (χ0v) is 14.2. The van der Waals surface area contributed by atoms with Crippen LogP contribution in [0.5, 0.6) is 5.75 Å². The quantitative estimate of drug-likeness (QED) is 0.798. The van der Waals surface area contributed by atoms with Gasteiger partial charge in [-0.05, 0) is 37.1 Å². The highest BCUT2D eigenvalue weighted by Gasteiger charge is 2.36. The molecule has 2 aromatic carbocycles. The van der Waals surface area contributed by atoms with Crippen molar-refractivity contribution in [3.63, 3.8) is 0 Å². The van der Waals surface area contributed by atoms with Gasteiger partial charge in [0.2, 0.25) is 0 Å². The van der Waals surface area contributed by atoms with Crippen LogP contribution in [0.2, 0.25) is 0 Å². The monoisotopic (exact) mass is 311 g/mol. The Hall–Kier alpha value is -2.03. The zero-order chi connectivity index (χ0) is 16.4. The van der Waals surface area contributed by atoms with Gasteiger partial charge in [0.05, 0.1) is 0 Å². The molecule has 0 N–H and O–H groups in total. The van der Waals surface area contributed by atoms with Gasteiger partial charge in [-0.25, -0.2) is 0 Å². The molecule has 1 amide bonds. The minimum atomic E-state index is 0.0987. The van der Waals surface area contributed by atoms with E-state index >= 15 is 0 Å². The zero-order valence-electron chi connectivity index (χ0n) is 14.2. The molecule has 3 rings (SSSR count). The van der Waals surface area contributed by atoms with Gasteiger partial charge >= 0.3 is 0 Å². The summed E-state index contributed by atoms with van der Waals surface area (Å²) >= 11 is 0. The average molecular weight is 311 g/mol. The first-order valence-electron chi connectivity index (χ1n) is 8.49. The highest BCUT2D eigenvalue weighted by Crippen LogP contribution is 2.31. The smallest absolute Gasteiger partial charge is 0.261 e. The molecule has 122 valence electrons. The van der Waals surface area contributed by atoms with E-state index < -0.39 is 0 Å². The number of fused-ring (bicyclic) bond motifs is 1. The van der Waals surface area contributed by atoms with Crippen molar-refractivity contribution in [2.24, 2.45) is 5.92 Å². The second-order valence-corrected chi connectivity index (χ2v) is 6.78. The minimum absolute atomic E-state index is 0.0987. The van der Waals surface area contributed by atoms with Crippen molar-refractivity contribution in [3.05, 3.63) is 42.5 Å². The Morgan fingerprint density at radius 1 is 1.13 bits per heavy atom. The molecule has 3 nitrogen and oxygen atoms in total. The predicted octanol–water partition coefficient (Wildman–Crippen LogP) is 4.25. The minimum Gasteiger partial charge on any atom is -0.483 e. The molecule has 0 bridgehead atoms. The Morgan fingerprint density at radius 3 is 2.52 bits per heavy atom.